The first-order chi connectivity index (χ1) is 14.6. The number of aromatic nitrogens is 5. The lowest BCUT2D eigenvalue weighted by Crippen LogP contribution is -2.56. The molecule has 1 saturated heterocycles. The number of fused-ring (bicyclic) bond motifs is 1. The van der Waals surface area contributed by atoms with Gasteiger partial charge in [0.2, 0.25) is 0 Å². The van der Waals surface area contributed by atoms with Crippen LogP contribution in [0.5, 0.6) is 0 Å². The van der Waals surface area contributed by atoms with E-state index in [1.807, 2.05) is 42.1 Å². The van der Waals surface area contributed by atoms with Crippen molar-refractivity contribution in [3.63, 3.8) is 0 Å². The minimum Gasteiger partial charge on any atom is -0.353 e. The molecule has 0 atom stereocenters. The van der Waals surface area contributed by atoms with E-state index in [0.717, 1.165) is 41.1 Å². The Kier molecular flexibility index (Phi) is 4.48. The summed E-state index contributed by atoms with van der Waals surface area (Å²) in [6.45, 7) is 1.52. The highest BCUT2D eigenvalue weighted by Gasteiger charge is 2.24. The fraction of sp³-hybridized carbons (Fsp3) is 0.227. The summed E-state index contributed by atoms with van der Waals surface area (Å²) in [6, 6.07) is 9.72. The van der Waals surface area contributed by atoms with Gasteiger partial charge in [-0.1, -0.05) is 12.1 Å². The summed E-state index contributed by atoms with van der Waals surface area (Å²) < 4.78 is 1.96. The minimum absolute atomic E-state index is 0.0365. The monoisotopic (exact) mass is 399 g/mol. The standard InChI is InChI=1S/C22H21N7O/c1-28-13-24-10-19(28)14-2-3-16-9-26-21(27-18(16)6-14)8-20(30)15-4-5-25-22(7-15)29-11-17(23)12-29/h2-7,9-10,13,17H,8,11-12,23H2,1H3. The predicted octanol–water partition coefficient (Wildman–Crippen LogP) is 2.00. The molecule has 0 unspecified atom stereocenters. The molecule has 1 aliphatic rings. The minimum atomic E-state index is -0.0365. The van der Waals surface area contributed by atoms with Crippen molar-refractivity contribution < 1.29 is 4.79 Å². The molecule has 0 amide bonds. The summed E-state index contributed by atoms with van der Waals surface area (Å²) in [7, 11) is 1.95. The van der Waals surface area contributed by atoms with Gasteiger partial charge >= 0.3 is 0 Å². The fourth-order valence-electron chi connectivity index (χ4n) is 3.65. The number of ketones is 1. The third-order valence-corrected chi connectivity index (χ3v) is 5.36. The average Bonchev–Trinajstić information content (AvgIpc) is 3.17. The topological polar surface area (TPSA) is 103 Å². The molecule has 1 aliphatic heterocycles. The molecule has 30 heavy (non-hydrogen) atoms. The first kappa shape index (κ1) is 18.4. The molecule has 0 saturated carbocycles. The van der Waals surface area contributed by atoms with Crippen LogP contribution in [-0.4, -0.2) is 49.4 Å². The Morgan fingerprint density at radius 2 is 2.03 bits per heavy atom. The molecule has 0 bridgehead atoms. The number of hydrogen-bond acceptors (Lipinski definition) is 7. The Morgan fingerprint density at radius 3 is 2.80 bits per heavy atom. The summed E-state index contributed by atoms with van der Waals surface area (Å²) in [5.74, 6) is 1.24. The van der Waals surface area contributed by atoms with Gasteiger partial charge in [-0.3, -0.25) is 4.79 Å². The van der Waals surface area contributed by atoms with E-state index in [-0.39, 0.29) is 18.2 Å². The number of hydrogen-bond donors (Lipinski definition) is 1. The molecule has 4 aromatic rings. The zero-order valence-electron chi connectivity index (χ0n) is 16.6. The Morgan fingerprint density at radius 1 is 1.17 bits per heavy atom. The normalized spacial score (nSPS) is 14.1. The molecule has 4 heterocycles. The van der Waals surface area contributed by atoms with Crippen molar-refractivity contribution in [2.75, 3.05) is 18.0 Å². The van der Waals surface area contributed by atoms with Crippen molar-refractivity contribution in [2.45, 2.75) is 12.5 Å². The highest BCUT2D eigenvalue weighted by Crippen LogP contribution is 2.23. The number of nitrogens with two attached hydrogens (primary N) is 1. The van der Waals surface area contributed by atoms with Crippen LogP contribution < -0.4 is 10.6 Å². The lowest BCUT2D eigenvalue weighted by Gasteiger charge is -2.37. The van der Waals surface area contributed by atoms with Crippen molar-refractivity contribution in [3.05, 3.63) is 66.6 Å². The smallest absolute Gasteiger partial charge is 0.170 e. The van der Waals surface area contributed by atoms with Crippen LogP contribution in [0.25, 0.3) is 22.2 Å². The summed E-state index contributed by atoms with van der Waals surface area (Å²) in [4.78, 5) is 32.4. The zero-order chi connectivity index (χ0) is 20.7. The largest absolute Gasteiger partial charge is 0.353 e. The van der Waals surface area contributed by atoms with Crippen LogP contribution in [0, 0.1) is 0 Å². The van der Waals surface area contributed by atoms with Crippen molar-refractivity contribution in [1.82, 2.24) is 24.5 Å². The number of rotatable bonds is 5. The van der Waals surface area contributed by atoms with Gasteiger partial charge in [0, 0.05) is 55.1 Å². The van der Waals surface area contributed by atoms with Crippen LogP contribution in [0.1, 0.15) is 16.2 Å². The van der Waals surface area contributed by atoms with E-state index in [4.69, 9.17) is 5.73 Å². The molecule has 1 fully saturated rings. The molecule has 5 rings (SSSR count). The lowest BCUT2D eigenvalue weighted by molar-refractivity contribution is 0.0991. The third kappa shape index (κ3) is 3.42. The van der Waals surface area contributed by atoms with E-state index in [1.54, 1.807) is 24.8 Å². The number of anilines is 1. The Balaban J connectivity index is 1.39. The van der Waals surface area contributed by atoms with Gasteiger partial charge in [-0.25, -0.2) is 19.9 Å². The van der Waals surface area contributed by atoms with E-state index in [1.165, 1.54) is 0 Å². The molecule has 0 spiro atoms. The van der Waals surface area contributed by atoms with E-state index in [9.17, 15) is 4.79 Å². The van der Waals surface area contributed by atoms with Gasteiger partial charge in [0.1, 0.15) is 11.6 Å². The van der Waals surface area contributed by atoms with Crippen molar-refractivity contribution >= 4 is 22.5 Å². The summed E-state index contributed by atoms with van der Waals surface area (Å²) in [6.07, 6.45) is 7.14. The average molecular weight is 399 g/mol. The number of benzene rings is 1. The van der Waals surface area contributed by atoms with Gasteiger partial charge in [-0.05, 0) is 18.2 Å². The first-order valence-electron chi connectivity index (χ1n) is 9.79. The van der Waals surface area contributed by atoms with Crippen molar-refractivity contribution in [1.29, 1.82) is 0 Å². The number of carbonyl (C=O) groups is 1. The molecule has 0 aliphatic carbocycles. The van der Waals surface area contributed by atoms with Crippen LogP contribution in [0.15, 0.2) is 55.2 Å². The highest BCUT2D eigenvalue weighted by atomic mass is 16.1. The Bertz CT molecular complexity index is 1240. The molecular weight excluding hydrogens is 378 g/mol. The summed E-state index contributed by atoms with van der Waals surface area (Å²) in [5.41, 5.74) is 9.27. The number of imidazole rings is 1. The molecule has 8 nitrogen and oxygen atoms in total. The number of aryl methyl sites for hydroxylation is 1. The van der Waals surface area contributed by atoms with E-state index < -0.39 is 0 Å². The Hall–Kier alpha value is -3.65. The van der Waals surface area contributed by atoms with Crippen LogP contribution in [0.4, 0.5) is 5.82 Å². The van der Waals surface area contributed by atoms with Crippen LogP contribution in [0.2, 0.25) is 0 Å². The molecule has 3 aromatic heterocycles. The fourth-order valence-corrected chi connectivity index (χ4v) is 3.65. The number of Topliss-reactive ketones (excluding diaryl/α,β-unsaturated/α-hetero) is 1. The van der Waals surface area contributed by atoms with Gasteiger partial charge in [-0.15, -0.1) is 0 Å². The maximum Gasteiger partial charge on any atom is 0.170 e. The van der Waals surface area contributed by atoms with Crippen LogP contribution in [-0.2, 0) is 13.5 Å². The van der Waals surface area contributed by atoms with E-state index in [2.05, 4.69) is 24.8 Å². The summed E-state index contributed by atoms with van der Waals surface area (Å²) >= 11 is 0. The quantitative estimate of drug-likeness (QED) is 0.512. The van der Waals surface area contributed by atoms with Gasteiger partial charge in [0.25, 0.3) is 0 Å². The highest BCUT2D eigenvalue weighted by molar-refractivity contribution is 5.98. The van der Waals surface area contributed by atoms with Crippen LogP contribution >= 0.6 is 0 Å². The predicted molar refractivity (Wildman–Crippen MR) is 114 cm³/mol. The molecule has 0 radical (unpaired) electrons. The second-order valence-electron chi connectivity index (χ2n) is 7.62. The number of carbonyl (C=O) groups excluding carboxylic acids is 1. The maximum atomic E-state index is 12.8. The number of nitrogens with zero attached hydrogens (tertiary/aromatic N) is 6. The van der Waals surface area contributed by atoms with E-state index in [0.29, 0.717) is 11.4 Å². The molecule has 2 N–H and O–H groups in total. The second-order valence-corrected chi connectivity index (χ2v) is 7.62. The van der Waals surface area contributed by atoms with Crippen molar-refractivity contribution in [2.24, 2.45) is 12.8 Å². The maximum absolute atomic E-state index is 12.8. The number of pyridine rings is 1. The molecular formula is C22H21N7O. The zero-order valence-corrected chi connectivity index (χ0v) is 16.6. The molecule has 1 aromatic carbocycles. The van der Waals surface area contributed by atoms with E-state index >= 15 is 0 Å². The first-order valence-corrected chi connectivity index (χ1v) is 9.79. The van der Waals surface area contributed by atoms with Gasteiger partial charge in [0.15, 0.2) is 5.78 Å². The van der Waals surface area contributed by atoms with Gasteiger partial charge in [-0.2, -0.15) is 0 Å². The van der Waals surface area contributed by atoms with Crippen molar-refractivity contribution in [3.8, 4) is 11.3 Å². The van der Waals surface area contributed by atoms with Gasteiger partial charge in [0.05, 0.1) is 30.2 Å². The molecule has 150 valence electrons. The van der Waals surface area contributed by atoms with Gasteiger partial charge < -0.3 is 15.2 Å². The SMILES string of the molecule is Cn1cncc1-c1ccc2cnc(CC(=O)c3ccnc(N4CC(N)C4)c3)nc2c1. The third-order valence-electron chi connectivity index (χ3n) is 5.36. The van der Waals surface area contributed by atoms with Crippen LogP contribution in [0.3, 0.4) is 0 Å². The summed E-state index contributed by atoms with van der Waals surface area (Å²) in [5, 5.41) is 0.928. The Labute approximate surface area is 173 Å². The second kappa shape index (κ2) is 7.31. The lowest BCUT2D eigenvalue weighted by atomic mass is 10.1. The molecule has 8 heteroatoms.